The number of aliphatic hydroxyl groups excluding tert-OH is 1. The molecule has 0 radical (unpaired) electrons. The Hall–Kier alpha value is -0.340. The number of rotatable bonds is 7. The summed E-state index contributed by atoms with van der Waals surface area (Å²) in [5.41, 5.74) is 1.61. The zero-order valence-electron chi connectivity index (χ0n) is 12.4. The maximum Gasteiger partial charge on any atom is 0.0656 e. The monoisotopic (exact) mass is 254 g/mol. The van der Waals surface area contributed by atoms with E-state index in [-0.39, 0.29) is 5.60 Å². The number of methoxy groups -OCH3 is 1. The van der Waals surface area contributed by atoms with Crippen molar-refractivity contribution in [3.63, 3.8) is 0 Å². The first-order chi connectivity index (χ1) is 8.59. The van der Waals surface area contributed by atoms with Crippen LogP contribution < -0.4 is 0 Å². The molecule has 2 nitrogen and oxygen atoms in total. The highest BCUT2D eigenvalue weighted by molar-refractivity contribution is 5.04. The lowest BCUT2D eigenvalue weighted by molar-refractivity contribution is -0.0334. The molecule has 1 N–H and O–H groups in total. The second kappa shape index (κ2) is 7.96. The highest BCUT2D eigenvalue weighted by Crippen LogP contribution is 2.35. The Kier molecular flexibility index (Phi) is 6.95. The van der Waals surface area contributed by atoms with Gasteiger partial charge in [-0.3, -0.25) is 0 Å². The van der Waals surface area contributed by atoms with E-state index in [9.17, 15) is 0 Å². The number of unbranched alkanes of at least 4 members (excludes halogenated alkanes) is 2. The quantitative estimate of drug-likeness (QED) is 0.548. The van der Waals surface area contributed by atoms with Gasteiger partial charge in [0.05, 0.1) is 5.60 Å². The lowest BCUT2D eigenvalue weighted by Crippen LogP contribution is -2.33. The summed E-state index contributed by atoms with van der Waals surface area (Å²) in [6, 6.07) is 0. The van der Waals surface area contributed by atoms with Crippen LogP contribution in [0.5, 0.6) is 0 Å². The summed E-state index contributed by atoms with van der Waals surface area (Å²) in [4.78, 5) is 0. The average Bonchev–Trinajstić information content (AvgIpc) is 2.35. The molecule has 106 valence electrons. The third-order valence-electron chi connectivity index (χ3n) is 4.22. The highest BCUT2D eigenvalue weighted by atomic mass is 16.5. The molecule has 0 bridgehead atoms. The molecule has 0 aliphatic heterocycles. The van der Waals surface area contributed by atoms with Gasteiger partial charge in [-0.25, -0.2) is 0 Å². The SMILES string of the molecule is COC1(C)CCC[C@@H](/C=C(\C)CCCCCO)C1. The molecule has 1 aliphatic carbocycles. The van der Waals surface area contributed by atoms with Gasteiger partial charge in [0.1, 0.15) is 0 Å². The summed E-state index contributed by atoms with van der Waals surface area (Å²) < 4.78 is 5.65. The Morgan fingerprint density at radius 1 is 1.39 bits per heavy atom. The van der Waals surface area contributed by atoms with Crippen LogP contribution in [0.1, 0.15) is 65.2 Å². The molecular weight excluding hydrogens is 224 g/mol. The Balaban J connectivity index is 2.35. The van der Waals surface area contributed by atoms with Gasteiger partial charge in [0.25, 0.3) is 0 Å². The third-order valence-corrected chi connectivity index (χ3v) is 4.22. The van der Waals surface area contributed by atoms with Gasteiger partial charge in [-0.2, -0.15) is 0 Å². The van der Waals surface area contributed by atoms with Crippen LogP contribution in [0.4, 0.5) is 0 Å². The first-order valence-corrected chi connectivity index (χ1v) is 7.43. The van der Waals surface area contributed by atoms with Crippen LogP contribution in [0.2, 0.25) is 0 Å². The Labute approximate surface area is 112 Å². The van der Waals surface area contributed by atoms with Crippen molar-refractivity contribution in [2.75, 3.05) is 13.7 Å². The fourth-order valence-electron chi connectivity index (χ4n) is 3.00. The van der Waals surface area contributed by atoms with E-state index in [1.165, 1.54) is 37.7 Å². The van der Waals surface area contributed by atoms with Crippen LogP contribution in [0.25, 0.3) is 0 Å². The van der Waals surface area contributed by atoms with Gasteiger partial charge in [-0.1, -0.05) is 24.5 Å². The van der Waals surface area contributed by atoms with Crippen LogP contribution in [0.3, 0.4) is 0 Å². The van der Waals surface area contributed by atoms with E-state index in [4.69, 9.17) is 9.84 Å². The highest BCUT2D eigenvalue weighted by Gasteiger charge is 2.30. The summed E-state index contributed by atoms with van der Waals surface area (Å²) >= 11 is 0. The molecule has 1 unspecified atom stereocenters. The number of aliphatic hydroxyl groups is 1. The second-order valence-corrected chi connectivity index (χ2v) is 6.06. The molecule has 1 saturated carbocycles. The van der Waals surface area contributed by atoms with Gasteiger partial charge in [0.15, 0.2) is 0 Å². The van der Waals surface area contributed by atoms with Gasteiger partial charge in [-0.05, 0) is 58.3 Å². The van der Waals surface area contributed by atoms with E-state index in [0.717, 1.165) is 19.3 Å². The fourth-order valence-corrected chi connectivity index (χ4v) is 3.00. The van der Waals surface area contributed by atoms with Crippen LogP contribution in [0.15, 0.2) is 11.6 Å². The Morgan fingerprint density at radius 2 is 2.17 bits per heavy atom. The van der Waals surface area contributed by atoms with Crippen LogP contribution in [-0.2, 0) is 4.74 Å². The predicted octanol–water partition coefficient (Wildman–Crippen LogP) is 4.08. The minimum atomic E-state index is 0.0938. The molecule has 1 rings (SSSR count). The van der Waals surface area contributed by atoms with Crippen molar-refractivity contribution in [3.05, 3.63) is 11.6 Å². The van der Waals surface area contributed by atoms with Gasteiger partial charge in [0.2, 0.25) is 0 Å². The fraction of sp³-hybridized carbons (Fsp3) is 0.875. The minimum Gasteiger partial charge on any atom is -0.396 e. The maximum absolute atomic E-state index is 8.75. The molecule has 2 atom stereocenters. The van der Waals surface area contributed by atoms with Crippen LogP contribution in [-0.4, -0.2) is 24.4 Å². The smallest absolute Gasteiger partial charge is 0.0656 e. The maximum atomic E-state index is 8.75. The van der Waals surface area contributed by atoms with Crippen LogP contribution in [0, 0.1) is 5.92 Å². The first kappa shape index (κ1) is 15.7. The normalized spacial score (nSPS) is 29.6. The van der Waals surface area contributed by atoms with Crippen molar-refractivity contribution in [2.45, 2.75) is 70.8 Å². The zero-order chi connectivity index (χ0) is 13.4. The zero-order valence-corrected chi connectivity index (χ0v) is 12.4. The van der Waals surface area contributed by atoms with Crippen molar-refractivity contribution in [1.29, 1.82) is 0 Å². The average molecular weight is 254 g/mol. The van der Waals surface area contributed by atoms with E-state index in [0.29, 0.717) is 12.5 Å². The molecular formula is C16H30O2. The summed E-state index contributed by atoms with van der Waals surface area (Å²) in [6.07, 6.45) is 11.9. The number of hydrogen-bond donors (Lipinski definition) is 1. The number of ether oxygens (including phenoxy) is 1. The molecule has 18 heavy (non-hydrogen) atoms. The molecule has 0 aromatic carbocycles. The lowest BCUT2D eigenvalue weighted by atomic mass is 9.78. The first-order valence-electron chi connectivity index (χ1n) is 7.43. The molecule has 0 heterocycles. The summed E-state index contributed by atoms with van der Waals surface area (Å²) in [5.74, 6) is 0.696. The largest absolute Gasteiger partial charge is 0.396 e. The molecule has 0 saturated heterocycles. The van der Waals surface area contributed by atoms with Crippen molar-refractivity contribution in [3.8, 4) is 0 Å². The molecule has 2 heteroatoms. The topological polar surface area (TPSA) is 29.5 Å². The van der Waals surface area contributed by atoms with Gasteiger partial charge < -0.3 is 9.84 Å². The summed E-state index contributed by atoms with van der Waals surface area (Å²) in [6.45, 7) is 4.82. The van der Waals surface area contributed by atoms with E-state index in [1.807, 2.05) is 7.11 Å². The number of allylic oxidation sites excluding steroid dienone is 2. The van der Waals surface area contributed by atoms with Gasteiger partial charge >= 0.3 is 0 Å². The third kappa shape index (κ3) is 5.53. The summed E-state index contributed by atoms with van der Waals surface area (Å²) in [7, 11) is 1.84. The van der Waals surface area contributed by atoms with E-state index in [2.05, 4.69) is 19.9 Å². The molecule has 0 amide bonds. The van der Waals surface area contributed by atoms with Crippen molar-refractivity contribution in [1.82, 2.24) is 0 Å². The van der Waals surface area contributed by atoms with Gasteiger partial charge in [-0.15, -0.1) is 0 Å². The molecule has 0 aromatic heterocycles. The van der Waals surface area contributed by atoms with Crippen molar-refractivity contribution in [2.24, 2.45) is 5.92 Å². The standard InChI is InChI=1S/C16H30O2/c1-14(8-5-4-6-11-17)12-15-9-7-10-16(2,13-15)18-3/h12,15,17H,4-11,13H2,1-3H3/b14-12+/t15-,16?/m0/s1. The molecule has 0 spiro atoms. The predicted molar refractivity (Wildman–Crippen MR) is 76.7 cm³/mol. The van der Waals surface area contributed by atoms with Crippen molar-refractivity contribution >= 4 is 0 Å². The van der Waals surface area contributed by atoms with E-state index < -0.39 is 0 Å². The molecule has 1 fully saturated rings. The van der Waals surface area contributed by atoms with Crippen LogP contribution >= 0.6 is 0 Å². The number of hydrogen-bond acceptors (Lipinski definition) is 2. The van der Waals surface area contributed by atoms with Gasteiger partial charge in [0, 0.05) is 13.7 Å². The Morgan fingerprint density at radius 3 is 2.83 bits per heavy atom. The molecule has 1 aliphatic rings. The second-order valence-electron chi connectivity index (χ2n) is 6.06. The van der Waals surface area contributed by atoms with E-state index in [1.54, 1.807) is 0 Å². The van der Waals surface area contributed by atoms with Crippen molar-refractivity contribution < 1.29 is 9.84 Å². The van der Waals surface area contributed by atoms with E-state index >= 15 is 0 Å². The lowest BCUT2D eigenvalue weighted by Gasteiger charge is -2.36. The Bertz CT molecular complexity index is 260. The summed E-state index contributed by atoms with van der Waals surface area (Å²) in [5, 5.41) is 8.75. The minimum absolute atomic E-state index is 0.0938. The molecule has 0 aromatic rings.